The summed E-state index contributed by atoms with van der Waals surface area (Å²) in [5.74, 6) is 0.0440. The largest absolute Gasteiger partial charge is 0.508 e. The van der Waals surface area contributed by atoms with Crippen LogP contribution >= 0.6 is 12.2 Å². The Kier molecular flexibility index (Phi) is 7.52. The maximum Gasteiger partial charge on any atom is 0.264 e. The summed E-state index contributed by atoms with van der Waals surface area (Å²) in [4.78, 5) is 12.1. The van der Waals surface area contributed by atoms with Crippen LogP contribution in [-0.4, -0.2) is 31.2 Å². The third-order valence-electron chi connectivity index (χ3n) is 4.36. The minimum atomic E-state index is -3.76. The second kappa shape index (κ2) is 10.3. The Morgan fingerprint density at radius 3 is 2.15 bits per heavy atom. The Morgan fingerprint density at radius 1 is 0.939 bits per heavy atom. The topological polar surface area (TPSA) is 117 Å². The predicted octanol–water partition coefficient (Wildman–Crippen LogP) is 3.70. The zero-order valence-corrected chi connectivity index (χ0v) is 19.6. The van der Waals surface area contributed by atoms with E-state index in [9.17, 15) is 18.3 Å². The molecule has 4 N–H and O–H groups in total. The Morgan fingerprint density at radius 2 is 1.55 bits per heavy atom. The highest BCUT2D eigenvalue weighted by Crippen LogP contribution is 2.20. The first-order valence-corrected chi connectivity index (χ1v) is 11.7. The molecule has 0 spiro atoms. The van der Waals surface area contributed by atoms with Crippen LogP contribution in [0.5, 0.6) is 11.5 Å². The number of thiocarbonyl (C=S) groups is 1. The lowest BCUT2D eigenvalue weighted by Crippen LogP contribution is -2.37. The van der Waals surface area contributed by atoms with E-state index in [4.69, 9.17) is 17.0 Å². The molecule has 3 aromatic rings. The minimum Gasteiger partial charge on any atom is -0.508 e. The Bertz CT molecular complexity index is 1240. The zero-order valence-electron chi connectivity index (χ0n) is 18.0. The first kappa shape index (κ1) is 24.0. The molecule has 8 nitrogen and oxygen atoms in total. The number of amides is 1. The summed E-state index contributed by atoms with van der Waals surface area (Å²) in [6.07, 6.45) is 0. The van der Waals surface area contributed by atoms with Gasteiger partial charge >= 0.3 is 0 Å². The number of hydrogen-bond acceptors (Lipinski definition) is 6. The zero-order chi connectivity index (χ0) is 24.0. The van der Waals surface area contributed by atoms with Crippen molar-refractivity contribution in [2.45, 2.75) is 18.7 Å². The number of aryl methyl sites for hydroxylation is 2. The molecule has 172 valence electrons. The lowest BCUT2D eigenvalue weighted by molar-refractivity contribution is -0.121. The molecule has 0 saturated carbocycles. The van der Waals surface area contributed by atoms with Crippen LogP contribution < -0.4 is 20.1 Å². The quantitative estimate of drug-likeness (QED) is 0.377. The summed E-state index contributed by atoms with van der Waals surface area (Å²) in [5.41, 5.74) is 2.91. The van der Waals surface area contributed by atoms with E-state index >= 15 is 0 Å². The fraction of sp³-hybridized carbons (Fsp3) is 0.130. The Labute approximate surface area is 197 Å². The summed E-state index contributed by atoms with van der Waals surface area (Å²) >= 11 is 5.12. The molecule has 0 aliphatic rings. The van der Waals surface area contributed by atoms with Crippen molar-refractivity contribution in [1.82, 2.24) is 5.32 Å². The molecular formula is C23H23N3O5S2. The van der Waals surface area contributed by atoms with Crippen molar-refractivity contribution in [3.05, 3.63) is 77.9 Å². The molecule has 0 aliphatic carbocycles. The maximum atomic E-state index is 12.7. The molecule has 0 radical (unpaired) electrons. The molecule has 0 saturated heterocycles. The van der Waals surface area contributed by atoms with E-state index in [0.717, 1.165) is 11.1 Å². The summed E-state index contributed by atoms with van der Waals surface area (Å²) in [6, 6.07) is 17.4. The van der Waals surface area contributed by atoms with Gasteiger partial charge in [-0.1, -0.05) is 6.07 Å². The molecule has 0 aromatic heterocycles. The van der Waals surface area contributed by atoms with Gasteiger partial charge in [0.2, 0.25) is 0 Å². The number of carbonyl (C=O) groups is 1. The number of carbonyl (C=O) groups excluding carboxylic acids is 1. The molecule has 0 fully saturated rings. The van der Waals surface area contributed by atoms with E-state index in [-0.39, 0.29) is 22.4 Å². The summed E-state index contributed by atoms with van der Waals surface area (Å²) in [6.45, 7) is 3.52. The van der Waals surface area contributed by atoms with Crippen molar-refractivity contribution >= 4 is 44.6 Å². The van der Waals surface area contributed by atoms with Crippen LogP contribution in [0.25, 0.3) is 0 Å². The Balaban J connectivity index is 1.54. The number of nitrogens with one attached hydrogen (secondary N) is 3. The molecule has 10 heteroatoms. The van der Waals surface area contributed by atoms with E-state index in [1.807, 2.05) is 19.9 Å². The van der Waals surface area contributed by atoms with Gasteiger partial charge in [-0.25, -0.2) is 8.42 Å². The average Bonchev–Trinajstić information content (AvgIpc) is 2.72. The number of benzene rings is 3. The molecular weight excluding hydrogens is 462 g/mol. The van der Waals surface area contributed by atoms with Crippen LogP contribution in [0.15, 0.2) is 71.6 Å². The van der Waals surface area contributed by atoms with E-state index in [1.165, 1.54) is 36.4 Å². The maximum absolute atomic E-state index is 12.7. The minimum absolute atomic E-state index is 0.0401. The first-order valence-electron chi connectivity index (χ1n) is 9.84. The van der Waals surface area contributed by atoms with Crippen LogP contribution in [0.2, 0.25) is 0 Å². The van der Waals surface area contributed by atoms with Crippen LogP contribution in [0, 0.1) is 13.8 Å². The predicted molar refractivity (Wildman–Crippen MR) is 131 cm³/mol. The lowest BCUT2D eigenvalue weighted by atomic mass is 10.1. The van der Waals surface area contributed by atoms with Gasteiger partial charge in [-0.2, -0.15) is 0 Å². The second-order valence-corrected chi connectivity index (χ2v) is 9.38. The summed E-state index contributed by atoms with van der Waals surface area (Å²) in [7, 11) is -3.76. The third-order valence-corrected chi connectivity index (χ3v) is 5.96. The summed E-state index contributed by atoms with van der Waals surface area (Å²) < 4.78 is 33.2. The van der Waals surface area contributed by atoms with Crippen LogP contribution in [-0.2, 0) is 14.8 Å². The van der Waals surface area contributed by atoms with E-state index in [0.29, 0.717) is 17.1 Å². The Hall–Kier alpha value is -3.63. The molecule has 0 aliphatic heterocycles. The standard InChI is InChI=1S/C23H23N3O5S2/c1-15-11-16(2)13-18(12-15)26-33(29,30)21-9-3-17(4-10-21)24-23(32)25-22(28)14-31-20-7-5-19(27)6-8-20/h3-13,26-27H,14H2,1-2H3,(H2,24,25,28,32). The van der Waals surface area contributed by atoms with Gasteiger partial charge in [-0.15, -0.1) is 0 Å². The third kappa shape index (κ3) is 7.19. The van der Waals surface area contributed by atoms with Gasteiger partial charge in [-0.3, -0.25) is 14.8 Å². The molecule has 3 aromatic carbocycles. The van der Waals surface area contributed by atoms with Crippen molar-refractivity contribution in [3.63, 3.8) is 0 Å². The van der Waals surface area contributed by atoms with Crippen molar-refractivity contribution in [2.24, 2.45) is 0 Å². The molecule has 1 amide bonds. The second-order valence-electron chi connectivity index (χ2n) is 7.29. The fourth-order valence-corrected chi connectivity index (χ4v) is 4.25. The SMILES string of the molecule is Cc1cc(C)cc(NS(=O)(=O)c2ccc(NC(=S)NC(=O)COc3ccc(O)cc3)cc2)c1. The molecule has 33 heavy (non-hydrogen) atoms. The van der Waals surface area contributed by atoms with E-state index in [2.05, 4.69) is 15.4 Å². The average molecular weight is 486 g/mol. The number of sulfonamides is 1. The highest BCUT2D eigenvalue weighted by atomic mass is 32.2. The van der Waals surface area contributed by atoms with Crippen LogP contribution in [0.3, 0.4) is 0 Å². The fourth-order valence-electron chi connectivity index (χ4n) is 2.98. The van der Waals surface area contributed by atoms with Gasteiger partial charge in [0.15, 0.2) is 11.7 Å². The van der Waals surface area contributed by atoms with E-state index < -0.39 is 15.9 Å². The van der Waals surface area contributed by atoms with Crippen LogP contribution in [0.4, 0.5) is 11.4 Å². The first-order chi connectivity index (χ1) is 15.6. The van der Waals surface area contributed by atoms with Gasteiger partial charge in [-0.05, 0) is 97.9 Å². The number of hydrogen-bond donors (Lipinski definition) is 4. The number of anilines is 2. The molecule has 0 atom stereocenters. The molecule has 0 unspecified atom stereocenters. The van der Waals surface area contributed by atoms with Gasteiger partial charge in [0.25, 0.3) is 15.9 Å². The molecule has 3 rings (SSSR count). The molecule has 0 bridgehead atoms. The number of phenolic OH excluding ortho intramolecular Hbond substituents is 1. The van der Waals surface area contributed by atoms with Gasteiger partial charge < -0.3 is 15.2 Å². The number of phenols is 1. The monoisotopic (exact) mass is 485 g/mol. The smallest absolute Gasteiger partial charge is 0.264 e. The number of ether oxygens (including phenoxy) is 1. The van der Waals surface area contributed by atoms with Crippen molar-refractivity contribution in [2.75, 3.05) is 16.6 Å². The number of rotatable bonds is 7. The van der Waals surface area contributed by atoms with Crippen LogP contribution in [0.1, 0.15) is 11.1 Å². The highest BCUT2D eigenvalue weighted by molar-refractivity contribution is 7.92. The van der Waals surface area contributed by atoms with E-state index in [1.54, 1.807) is 24.3 Å². The normalized spacial score (nSPS) is 10.8. The van der Waals surface area contributed by atoms with Gasteiger partial charge in [0.1, 0.15) is 11.5 Å². The van der Waals surface area contributed by atoms with Crippen molar-refractivity contribution in [1.29, 1.82) is 0 Å². The lowest BCUT2D eigenvalue weighted by Gasteiger charge is -2.12. The highest BCUT2D eigenvalue weighted by Gasteiger charge is 2.15. The van der Waals surface area contributed by atoms with Gasteiger partial charge in [0, 0.05) is 11.4 Å². The van der Waals surface area contributed by atoms with Gasteiger partial charge in [0.05, 0.1) is 4.90 Å². The molecule has 0 heterocycles. The van der Waals surface area contributed by atoms with Crippen molar-refractivity contribution < 1.29 is 23.1 Å². The summed E-state index contributed by atoms with van der Waals surface area (Å²) in [5, 5.41) is 14.6. The number of aromatic hydroxyl groups is 1. The van der Waals surface area contributed by atoms with Crippen molar-refractivity contribution in [3.8, 4) is 11.5 Å².